The first-order valence-electron chi connectivity index (χ1n) is 7.31. The van der Waals surface area contributed by atoms with Gasteiger partial charge in [0, 0.05) is 19.6 Å². The molecule has 3 rings (SSSR count). The Kier molecular flexibility index (Phi) is 3.69. The van der Waals surface area contributed by atoms with Gasteiger partial charge in [-0.25, -0.2) is 0 Å². The maximum atomic E-state index is 10.3. The molecule has 112 valence electrons. The van der Waals surface area contributed by atoms with Crippen LogP contribution in [0.25, 0.3) is 0 Å². The van der Waals surface area contributed by atoms with Crippen molar-refractivity contribution in [2.45, 2.75) is 39.6 Å². The first-order chi connectivity index (χ1) is 10.0. The van der Waals surface area contributed by atoms with Crippen LogP contribution in [0.15, 0.2) is 24.3 Å². The summed E-state index contributed by atoms with van der Waals surface area (Å²) < 4.78 is 1.80. The van der Waals surface area contributed by atoms with Gasteiger partial charge in [-0.2, -0.15) is 5.10 Å². The smallest absolute Gasteiger partial charge is 0.0863 e. The zero-order chi connectivity index (χ0) is 15.0. The average Bonchev–Trinajstić information content (AvgIpc) is 2.95. The van der Waals surface area contributed by atoms with Crippen LogP contribution in [0.5, 0.6) is 0 Å². The Balaban J connectivity index is 1.60. The van der Waals surface area contributed by atoms with Crippen molar-refractivity contribution in [3.63, 3.8) is 0 Å². The number of rotatable bonds is 4. The fraction of sp³-hybridized carbons (Fsp3) is 0.438. The number of nitrogens with two attached hydrogens (primary N) is 1. The van der Waals surface area contributed by atoms with E-state index in [4.69, 9.17) is 5.73 Å². The van der Waals surface area contributed by atoms with Crippen molar-refractivity contribution in [3.05, 3.63) is 46.8 Å². The molecule has 0 saturated heterocycles. The van der Waals surface area contributed by atoms with E-state index in [1.807, 2.05) is 13.8 Å². The van der Waals surface area contributed by atoms with E-state index in [1.54, 1.807) is 4.68 Å². The lowest BCUT2D eigenvalue weighted by molar-refractivity contribution is 0.0934. The fourth-order valence-electron chi connectivity index (χ4n) is 2.98. The molecule has 0 spiro atoms. The molecule has 0 saturated carbocycles. The van der Waals surface area contributed by atoms with Crippen molar-refractivity contribution in [2.24, 2.45) is 0 Å². The predicted molar refractivity (Wildman–Crippen MR) is 82.7 cm³/mol. The Labute approximate surface area is 125 Å². The van der Waals surface area contributed by atoms with Gasteiger partial charge in [-0.05, 0) is 25.0 Å². The second-order valence-corrected chi connectivity index (χ2v) is 5.86. The molecule has 1 aromatic carbocycles. The van der Waals surface area contributed by atoms with Crippen LogP contribution in [0.3, 0.4) is 0 Å². The predicted octanol–water partition coefficient (Wildman–Crippen LogP) is 1.46. The van der Waals surface area contributed by atoms with E-state index in [2.05, 4.69) is 34.3 Å². The molecule has 5 nitrogen and oxygen atoms in total. The third kappa shape index (κ3) is 2.80. The summed E-state index contributed by atoms with van der Waals surface area (Å²) in [5.74, 6) is 0. The van der Waals surface area contributed by atoms with Gasteiger partial charge in [0.25, 0.3) is 0 Å². The molecule has 2 heterocycles. The number of nitrogen functional groups attached to an aromatic ring is 1. The van der Waals surface area contributed by atoms with E-state index >= 15 is 0 Å². The summed E-state index contributed by atoms with van der Waals surface area (Å²) in [6.07, 6.45) is -0.447. The van der Waals surface area contributed by atoms with E-state index in [-0.39, 0.29) is 0 Å². The van der Waals surface area contributed by atoms with Crippen LogP contribution in [0.1, 0.15) is 22.5 Å². The third-order valence-electron chi connectivity index (χ3n) is 4.20. The minimum atomic E-state index is -0.447. The van der Waals surface area contributed by atoms with Gasteiger partial charge in [0.05, 0.1) is 29.7 Å². The van der Waals surface area contributed by atoms with E-state index in [1.165, 1.54) is 11.1 Å². The zero-order valence-corrected chi connectivity index (χ0v) is 12.6. The number of β-amino-alcohol motifs (C(OH)–C–C–N with tert-alkyl or cyclic N) is 1. The molecule has 1 atom stereocenters. The van der Waals surface area contributed by atoms with Crippen LogP contribution in [0, 0.1) is 13.8 Å². The third-order valence-corrected chi connectivity index (χ3v) is 4.20. The van der Waals surface area contributed by atoms with Crippen molar-refractivity contribution in [1.82, 2.24) is 14.7 Å². The van der Waals surface area contributed by atoms with Crippen LogP contribution in [0.2, 0.25) is 0 Å². The second kappa shape index (κ2) is 5.50. The molecule has 1 aliphatic rings. The molecule has 2 aromatic rings. The molecule has 0 amide bonds. The molecule has 0 radical (unpaired) electrons. The lowest BCUT2D eigenvalue weighted by atomic mass is 10.1. The summed E-state index contributed by atoms with van der Waals surface area (Å²) in [6.45, 7) is 6.78. The normalized spacial score (nSPS) is 16.1. The molecule has 0 fully saturated rings. The SMILES string of the molecule is Cc1nn(CC(O)CN2Cc3ccccc3C2)c(C)c1N. The highest BCUT2D eigenvalue weighted by atomic mass is 16.3. The number of benzene rings is 1. The summed E-state index contributed by atoms with van der Waals surface area (Å²) in [4.78, 5) is 2.27. The molecule has 1 aromatic heterocycles. The van der Waals surface area contributed by atoms with Crippen LogP contribution in [-0.2, 0) is 19.6 Å². The Bertz CT molecular complexity index is 625. The van der Waals surface area contributed by atoms with E-state index in [0.29, 0.717) is 13.1 Å². The molecule has 5 heteroatoms. The largest absolute Gasteiger partial charge is 0.396 e. The number of aliphatic hydroxyl groups is 1. The lowest BCUT2D eigenvalue weighted by Gasteiger charge is -2.20. The molecule has 21 heavy (non-hydrogen) atoms. The summed E-state index contributed by atoms with van der Waals surface area (Å²) in [5.41, 5.74) is 11.1. The molecular weight excluding hydrogens is 264 g/mol. The highest BCUT2D eigenvalue weighted by Crippen LogP contribution is 2.22. The van der Waals surface area contributed by atoms with Crippen LogP contribution >= 0.6 is 0 Å². The van der Waals surface area contributed by atoms with Crippen molar-refractivity contribution in [1.29, 1.82) is 0 Å². The minimum Gasteiger partial charge on any atom is -0.396 e. The topological polar surface area (TPSA) is 67.3 Å². The number of hydrogen-bond donors (Lipinski definition) is 2. The van der Waals surface area contributed by atoms with Crippen molar-refractivity contribution >= 4 is 5.69 Å². The maximum absolute atomic E-state index is 10.3. The average molecular weight is 286 g/mol. The summed E-state index contributed by atoms with van der Waals surface area (Å²) >= 11 is 0. The van der Waals surface area contributed by atoms with Gasteiger partial charge < -0.3 is 10.8 Å². The number of aromatic nitrogens is 2. The Morgan fingerprint density at radius 3 is 2.33 bits per heavy atom. The monoisotopic (exact) mass is 286 g/mol. The van der Waals surface area contributed by atoms with Crippen molar-refractivity contribution in [3.8, 4) is 0 Å². The van der Waals surface area contributed by atoms with Crippen LogP contribution in [0.4, 0.5) is 5.69 Å². The lowest BCUT2D eigenvalue weighted by Crippen LogP contribution is -2.32. The molecule has 1 unspecified atom stereocenters. The summed E-state index contributed by atoms with van der Waals surface area (Å²) in [5, 5.41) is 14.7. The number of aryl methyl sites for hydroxylation is 1. The Morgan fingerprint density at radius 1 is 1.19 bits per heavy atom. The molecule has 0 aliphatic carbocycles. The first kappa shape index (κ1) is 14.1. The van der Waals surface area contributed by atoms with Crippen LogP contribution in [-0.4, -0.2) is 32.4 Å². The number of fused-ring (bicyclic) bond motifs is 1. The van der Waals surface area contributed by atoms with Gasteiger partial charge in [0.2, 0.25) is 0 Å². The zero-order valence-electron chi connectivity index (χ0n) is 12.6. The van der Waals surface area contributed by atoms with Gasteiger partial charge in [-0.1, -0.05) is 24.3 Å². The van der Waals surface area contributed by atoms with Gasteiger partial charge in [0.15, 0.2) is 0 Å². The number of nitrogens with zero attached hydrogens (tertiary/aromatic N) is 3. The minimum absolute atomic E-state index is 0.447. The number of anilines is 1. The Morgan fingerprint density at radius 2 is 1.81 bits per heavy atom. The highest BCUT2D eigenvalue weighted by Gasteiger charge is 2.21. The highest BCUT2D eigenvalue weighted by molar-refractivity contribution is 5.46. The van der Waals surface area contributed by atoms with Crippen molar-refractivity contribution < 1.29 is 5.11 Å². The van der Waals surface area contributed by atoms with Crippen molar-refractivity contribution in [2.75, 3.05) is 12.3 Å². The summed E-state index contributed by atoms with van der Waals surface area (Å²) in [6, 6.07) is 8.45. The quantitative estimate of drug-likeness (QED) is 0.893. The van der Waals surface area contributed by atoms with E-state index < -0.39 is 6.10 Å². The van der Waals surface area contributed by atoms with E-state index in [9.17, 15) is 5.11 Å². The van der Waals surface area contributed by atoms with Gasteiger partial charge in [0.1, 0.15) is 0 Å². The number of aliphatic hydroxyl groups excluding tert-OH is 1. The maximum Gasteiger partial charge on any atom is 0.0863 e. The fourth-order valence-corrected chi connectivity index (χ4v) is 2.98. The first-order valence-corrected chi connectivity index (χ1v) is 7.31. The van der Waals surface area contributed by atoms with Gasteiger partial charge in [-0.3, -0.25) is 9.58 Å². The van der Waals surface area contributed by atoms with Crippen LogP contribution < -0.4 is 5.73 Å². The van der Waals surface area contributed by atoms with Gasteiger partial charge in [-0.15, -0.1) is 0 Å². The second-order valence-electron chi connectivity index (χ2n) is 5.86. The summed E-state index contributed by atoms with van der Waals surface area (Å²) in [7, 11) is 0. The molecule has 3 N–H and O–H groups in total. The van der Waals surface area contributed by atoms with E-state index in [0.717, 1.165) is 30.2 Å². The molecule has 0 bridgehead atoms. The molecule has 1 aliphatic heterocycles. The molecular formula is C16H22N4O. The standard InChI is InChI=1S/C16H22N4O/c1-11-16(17)12(2)20(18-11)10-15(21)9-19-7-13-5-3-4-6-14(13)8-19/h3-6,15,21H,7-10,17H2,1-2H3. The number of hydrogen-bond acceptors (Lipinski definition) is 4. The Hall–Kier alpha value is -1.85. The van der Waals surface area contributed by atoms with Gasteiger partial charge >= 0.3 is 0 Å².